The first-order valence-electron chi connectivity index (χ1n) is 11.6. The summed E-state index contributed by atoms with van der Waals surface area (Å²) in [5.74, 6) is 2.38. The molecule has 2 atom stereocenters. The van der Waals surface area contributed by atoms with Crippen molar-refractivity contribution in [1.29, 1.82) is 0 Å². The van der Waals surface area contributed by atoms with Gasteiger partial charge in [-0.05, 0) is 68.2 Å². The summed E-state index contributed by atoms with van der Waals surface area (Å²) in [6, 6.07) is 5.16. The first kappa shape index (κ1) is 25.4. The summed E-state index contributed by atoms with van der Waals surface area (Å²) in [6.07, 6.45) is 7.64. The average Bonchev–Trinajstić information content (AvgIpc) is 3.08. The number of carboxylic acids is 1. The van der Waals surface area contributed by atoms with E-state index in [1.165, 1.54) is 0 Å². The van der Waals surface area contributed by atoms with Crippen LogP contribution < -0.4 is 10.1 Å². The van der Waals surface area contributed by atoms with Crippen molar-refractivity contribution in [2.75, 3.05) is 12.4 Å². The Bertz CT molecular complexity index is 977. The van der Waals surface area contributed by atoms with E-state index in [1.807, 2.05) is 49.9 Å². The summed E-state index contributed by atoms with van der Waals surface area (Å²) in [5, 5.41) is 12.7. The molecular weight excluding hydrogens is 436 g/mol. The molecule has 0 bridgehead atoms. The third kappa shape index (κ3) is 7.64. The van der Waals surface area contributed by atoms with E-state index in [0.717, 1.165) is 47.6 Å². The highest BCUT2D eigenvalue weighted by molar-refractivity contribution is 8.00. The number of aliphatic carboxylic acids is 1. The maximum Gasteiger partial charge on any atom is 0.325 e. The fourth-order valence-corrected chi connectivity index (χ4v) is 4.79. The van der Waals surface area contributed by atoms with E-state index in [4.69, 9.17) is 9.15 Å². The van der Waals surface area contributed by atoms with Gasteiger partial charge in [0.25, 0.3) is 0 Å². The van der Waals surface area contributed by atoms with E-state index >= 15 is 0 Å². The van der Waals surface area contributed by atoms with Crippen LogP contribution in [0.15, 0.2) is 28.7 Å². The molecule has 0 saturated heterocycles. The summed E-state index contributed by atoms with van der Waals surface area (Å²) in [6.45, 7) is 11.1. The number of allylic oxidation sites excluding steroid dienone is 1. The Labute approximate surface area is 201 Å². The topological polar surface area (TPSA) is 84.6 Å². The average molecular weight is 473 g/mol. The molecule has 0 saturated carbocycles. The van der Waals surface area contributed by atoms with Crippen LogP contribution in [0.1, 0.15) is 75.1 Å². The van der Waals surface area contributed by atoms with Crippen LogP contribution in [0.3, 0.4) is 0 Å². The zero-order valence-electron chi connectivity index (χ0n) is 20.3. The Balaban J connectivity index is 1.50. The molecule has 0 fully saturated rings. The predicted molar refractivity (Wildman–Crippen MR) is 134 cm³/mol. The number of oxazole rings is 1. The van der Waals surface area contributed by atoms with Crippen molar-refractivity contribution in [2.24, 2.45) is 0 Å². The van der Waals surface area contributed by atoms with Crippen molar-refractivity contribution < 1.29 is 19.1 Å². The molecule has 0 radical (unpaired) electrons. The third-order valence-corrected chi connectivity index (χ3v) is 6.84. The number of unbranched alkanes of at least 4 members (excludes halogenated alkanes) is 1. The minimum atomic E-state index is -0.869. The number of nitrogens with one attached hydrogen (secondary N) is 1. The van der Waals surface area contributed by atoms with Gasteiger partial charge >= 0.3 is 5.97 Å². The second kappa shape index (κ2) is 11.3. The molecule has 1 aliphatic heterocycles. The Morgan fingerprint density at radius 3 is 2.91 bits per heavy atom. The van der Waals surface area contributed by atoms with Crippen molar-refractivity contribution in [3.63, 3.8) is 0 Å². The number of ether oxygens (including phenoxy) is 1. The first-order chi connectivity index (χ1) is 15.6. The number of rotatable bonds is 10. The fraction of sp³-hybridized carbons (Fsp3) is 0.538. The highest BCUT2D eigenvalue weighted by Gasteiger charge is 2.29. The first-order valence-corrected chi connectivity index (χ1v) is 12.6. The van der Waals surface area contributed by atoms with Crippen LogP contribution in [-0.4, -0.2) is 39.2 Å². The van der Waals surface area contributed by atoms with Crippen molar-refractivity contribution in [3.05, 3.63) is 52.7 Å². The van der Waals surface area contributed by atoms with E-state index in [-0.39, 0.29) is 6.04 Å². The maximum atomic E-state index is 11.7. The lowest BCUT2D eigenvalue weighted by molar-refractivity contribution is -0.140. The minimum absolute atomic E-state index is 0.131. The highest BCUT2D eigenvalue weighted by atomic mass is 32.2. The summed E-state index contributed by atoms with van der Waals surface area (Å²) < 4.78 is 12.0. The quantitative estimate of drug-likeness (QED) is 0.436. The maximum absolute atomic E-state index is 11.7. The number of aryl methyl sites for hydroxylation is 1. The summed E-state index contributed by atoms with van der Waals surface area (Å²) in [4.78, 5) is 16.2. The molecule has 180 valence electrons. The molecule has 7 heteroatoms. The lowest BCUT2D eigenvalue weighted by Gasteiger charge is -2.29. The number of carboxylic acid groups (broad SMARTS) is 1. The molecular formula is C26H36N2O4S. The molecule has 2 N–H and O–H groups in total. The molecule has 1 aromatic heterocycles. The van der Waals surface area contributed by atoms with E-state index in [2.05, 4.69) is 37.1 Å². The van der Waals surface area contributed by atoms with Crippen molar-refractivity contribution >= 4 is 23.8 Å². The zero-order valence-corrected chi connectivity index (χ0v) is 21.1. The smallest absolute Gasteiger partial charge is 0.325 e. The van der Waals surface area contributed by atoms with Crippen molar-refractivity contribution in [3.8, 4) is 5.75 Å². The largest absolute Gasteiger partial charge is 0.493 e. The van der Waals surface area contributed by atoms with Crippen LogP contribution in [0.5, 0.6) is 5.75 Å². The molecule has 6 nitrogen and oxygen atoms in total. The Hall–Kier alpha value is -2.25. The molecule has 0 amide bonds. The number of benzene rings is 1. The molecule has 33 heavy (non-hydrogen) atoms. The number of fused-ring (bicyclic) bond motifs is 1. The lowest BCUT2D eigenvalue weighted by Crippen LogP contribution is -2.41. The second-order valence-electron chi connectivity index (χ2n) is 9.56. The second-order valence-corrected chi connectivity index (χ2v) is 11.5. The summed E-state index contributed by atoms with van der Waals surface area (Å²) in [7, 11) is 0. The van der Waals surface area contributed by atoms with Crippen LogP contribution in [0.4, 0.5) is 0 Å². The number of carbonyl (C=O) groups is 1. The van der Waals surface area contributed by atoms with Gasteiger partial charge in [-0.1, -0.05) is 32.9 Å². The van der Waals surface area contributed by atoms with Gasteiger partial charge in [0.2, 0.25) is 5.89 Å². The standard InChI is InChI=1S/C26H36N2O4S/c1-17-15-19-10-11-20(16-21(19)24(27-17)25(29)30)31-13-12-22-18(2)32-23(28-22)9-7-6-8-14-33-26(3,4)5/h7,9-11,16-17,24,27H,6,8,12-15H2,1-5H3,(H,29,30)/t17-,24?/m0/s1. The van der Waals surface area contributed by atoms with Gasteiger partial charge in [0.15, 0.2) is 0 Å². The van der Waals surface area contributed by atoms with Gasteiger partial charge in [-0.3, -0.25) is 10.1 Å². The normalized spacial score (nSPS) is 18.5. The van der Waals surface area contributed by atoms with Gasteiger partial charge in [-0.2, -0.15) is 11.8 Å². The van der Waals surface area contributed by atoms with Gasteiger partial charge in [0.1, 0.15) is 17.6 Å². The molecule has 1 aromatic carbocycles. The van der Waals surface area contributed by atoms with Crippen LogP contribution in [0, 0.1) is 6.92 Å². The van der Waals surface area contributed by atoms with Crippen LogP contribution in [-0.2, 0) is 17.6 Å². The molecule has 3 rings (SSSR count). The molecule has 2 aromatic rings. The van der Waals surface area contributed by atoms with Crippen LogP contribution in [0.2, 0.25) is 0 Å². The van der Waals surface area contributed by atoms with Gasteiger partial charge in [-0.25, -0.2) is 4.98 Å². The van der Waals surface area contributed by atoms with Gasteiger partial charge < -0.3 is 14.3 Å². The number of hydrogen-bond acceptors (Lipinski definition) is 6. The molecule has 2 heterocycles. The Morgan fingerprint density at radius 2 is 2.18 bits per heavy atom. The van der Waals surface area contributed by atoms with Crippen LogP contribution in [0.25, 0.3) is 6.08 Å². The molecule has 1 unspecified atom stereocenters. The number of aromatic nitrogens is 1. The van der Waals surface area contributed by atoms with Gasteiger partial charge in [0.05, 0.1) is 12.3 Å². The summed E-state index contributed by atoms with van der Waals surface area (Å²) >= 11 is 1.98. The highest BCUT2D eigenvalue weighted by Crippen LogP contribution is 2.29. The van der Waals surface area contributed by atoms with Gasteiger partial charge in [-0.15, -0.1) is 0 Å². The lowest BCUT2D eigenvalue weighted by atomic mass is 9.90. The van der Waals surface area contributed by atoms with Crippen molar-refractivity contribution in [2.45, 2.75) is 77.1 Å². The number of hydrogen-bond donors (Lipinski definition) is 2. The van der Waals surface area contributed by atoms with Crippen LogP contribution >= 0.6 is 11.8 Å². The fourth-order valence-electron chi connectivity index (χ4n) is 3.87. The molecule has 0 spiro atoms. The Morgan fingerprint density at radius 1 is 1.39 bits per heavy atom. The third-order valence-electron chi connectivity index (χ3n) is 5.48. The molecule has 1 aliphatic rings. The SMILES string of the molecule is Cc1oc(C=CCCCSC(C)(C)C)nc1CCOc1ccc2c(c1)C(C(=O)O)N[C@@H](C)C2. The van der Waals surface area contributed by atoms with E-state index in [9.17, 15) is 9.90 Å². The van der Waals surface area contributed by atoms with E-state index in [1.54, 1.807) is 0 Å². The van der Waals surface area contributed by atoms with Gasteiger partial charge in [0, 0.05) is 17.2 Å². The van der Waals surface area contributed by atoms with Crippen molar-refractivity contribution in [1.82, 2.24) is 10.3 Å². The summed E-state index contributed by atoms with van der Waals surface area (Å²) in [5.41, 5.74) is 2.72. The van der Waals surface area contributed by atoms with E-state index < -0.39 is 12.0 Å². The van der Waals surface area contributed by atoms with E-state index in [0.29, 0.717) is 29.4 Å². The zero-order chi connectivity index (χ0) is 24.0. The number of nitrogens with zero attached hydrogens (tertiary/aromatic N) is 1. The molecule has 0 aliphatic carbocycles. The monoisotopic (exact) mass is 472 g/mol. The predicted octanol–water partition coefficient (Wildman–Crippen LogP) is 5.59. The Kier molecular flexibility index (Phi) is 8.65. The minimum Gasteiger partial charge on any atom is -0.493 e. The number of thioether (sulfide) groups is 1.